The molecule has 8 heteroatoms. The molecule has 0 saturated carbocycles. The number of ether oxygens (including phenoxy) is 1. The number of benzene rings is 3. The lowest BCUT2D eigenvalue weighted by molar-refractivity contribution is 0.0973. The zero-order valence-corrected chi connectivity index (χ0v) is 18.1. The minimum absolute atomic E-state index is 0.204. The standard InChI is InChI=1S/C23H18ClN3O3S/c1-29-19-11-10-16(24)12-17(19)21(28)27-23(31)25-13-14-6-8-15(9-7-14)22-26-18-4-2-3-5-20(18)30-22/h2-12H,13H2,1H3,(H2,25,27,28,31). The van der Waals surface area contributed by atoms with Crippen LogP contribution in [0.3, 0.4) is 0 Å². The maximum absolute atomic E-state index is 12.5. The molecule has 0 fully saturated rings. The first kappa shape index (κ1) is 20.8. The average molecular weight is 452 g/mol. The zero-order valence-electron chi connectivity index (χ0n) is 16.5. The monoisotopic (exact) mass is 451 g/mol. The summed E-state index contributed by atoms with van der Waals surface area (Å²) in [6.07, 6.45) is 0. The predicted octanol–water partition coefficient (Wildman–Crippen LogP) is 4.96. The van der Waals surface area contributed by atoms with Crippen LogP contribution in [0.5, 0.6) is 5.75 Å². The Labute approximate surface area is 189 Å². The summed E-state index contributed by atoms with van der Waals surface area (Å²) in [7, 11) is 1.49. The van der Waals surface area contributed by atoms with Crippen molar-refractivity contribution in [3.8, 4) is 17.2 Å². The molecule has 6 nitrogen and oxygen atoms in total. The van der Waals surface area contributed by atoms with Gasteiger partial charge in [0.1, 0.15) is 11.3 Å². The number of amides is 1. The van der Waals surface area contributed by atoms with E-state index < -0.39 is 5.91 Å². The number of methoxy groups -OCH3 is 1. The van der Waals surface area contributed by atoms with Crippen molar-refractivity contribution >= 4 is 45.9 Å². The number of hydrogen-bond acceptors (Lipinski definition) is 5. The molecule has 156 valence electrons. The van der Waals surface area contributed by atoms with Crippen molar-refractivity contribution in [2.24, 2.45) is 0 Å². The summed E-state index contributed by atoms with van der Waals surface area (Å²) in [6, 6.07) is 20.2. The summed E-state index contributed by atoms with van der Waals surface area (Å²) in [5.41, 5.74) is 3.74. The molecule has 0 aliphatic heterocycles. The van der Waals surface area contributed by atoms with Gasteiger partial charge in [-0.25, -0.2) is 4.98 Å². The molecule has 4 aromatic rings. The summed E-state index contributed by atoms with van der Waals surface area (Å²) < 4.78 is 11.0. The van der Waals surface area contributed by atoms with E-state index in [0.29, 0.717) is 28.8 Å². The molecule has 2 N–H and O–H groups in total. The molecule has 0 radical (unpaired) electrons. The van der Waals surface area contributed by atoms with Gasteiger partial charge >= 0.3 is 0 Å². The fourth-order valence-electron chi connectivity index (χ4n) is 3.02. The fourth-order valence-corrected chi connectivity index (χ4v) is 3.35. The van der Waals surface area contributed by atoms with E-state index in [4.69, 9.17) is 33.0 Å². The number of carbonyl (C=O) groups is 1. The van der Waals surface area contributed by atoms with Crippen molar-refractivity contribution in [3.63, 3.8) is 0 Å². The molecule has 31 heavy (non-hydrogen) atoms. The summed E-state index contributed by atoms with van der Waals surface area (Å²) in [5, 5.41) is 6.30. The Bertz CT molecular complexity index is 1220. The third-order valence-electron chi connectivity index (χ3n) is 4.58. The Hall–Kier alpha value is -3.42. The third kappa shape index (κ3) is 4.84. The van der Waals surface area contributed by atoms with Crippen molar-refractivity contribution in [2.75, 3.05) is 7.11 Å². The number of nitrogens with zero attached hydrogens (tertiary/aromatic N) is 1. The highest BCUT2D eigenvalue weighted by molar-refractivity contribution is 7.80. The van der Waals surface area contributed by atoms with Gasteiger partial charge in [-0.2, -0.15) is 0 Å². The second kappa shape index (κ2) is 9.16. The number of fused-ring (bicyclic) bond motifs is 1. The number of rotatable bonds is 5. The van der Waals surface area contributed by atoms with Crippen LogP contribution in [0.1, 0.15) is 15.9 Å². The van der Waals surface area contributed by atoms with Crippen LogP contribution in [0.2, 0.25) is 5.02 Å². The van der Waals surface area contributed by atoms with E-state index in [0.717, 1.165) is 22.2 Å². The van der Waals surface area contributed by atoms with Crippen LogP contribution in [-0.4, -0.2) is 23.1 Å². The molecule has 0 bridgehead atoms. The van der Waals surface area contributed by atoms with Crippen LogP contribution < -0.4 is 15.4 Å². The Morgan fingerprint density at radius 1 is 1.13 bits per heavy atom. The maximum atomic E-state index is 12.5. The van der Waals surface area contributed by atoms with Crippen molar-refractivity contribution in [1.82, 2.24) is 15.6 Å². The number of hydrogen-bond donors (Lipinski definition) is 2. The predicted molar refractivity (Wildman–Crippen MR) is 124 cm³/mol. The zero-order chi connectivity index (χ0) is 21.8. The smallest absolute Gasteiger partial charge is 0.261 e. The normalized spacial score (nSPS) is 10.6. The van der Waals surface area contributed by atoms with Crippen LogP contribution >= 0.6 is 23.8 Å². The Balaban J connectivity index is 1.36. The quantitative estimate of drug-likeness (QED) is 0.417. The molecular formula is C23H18ClN3O3S. The first-order chi connectivity index (χ1) is 15.0. The first-order valence-corrected chi connectivity index (χ1v) is 10.2. The van der Waals surface area contributed by atoms with E-state index in [-0.39, 0.29) is 5.11 Å². The van der Waals surface area contributed by atoms with E-state index in [1.807, 2.05) is 48.5 Å². The number of aromatic nitrogens is 1. The van der Waals surface area contributed by atoms with Crippen molar-refractivity contribution < 1.29 is 13.9 Å². The molecule has 3 aromatic carbocycles. The third-order valence-corrected chi connectivity index (χ3v) is 5.06. The van der Waals surface area contributed by atoms with Gasteiger partial charge in [0.2, 0.25) is 5.89 Å². The van der Waals surface area contributed by atoms with Crippen molar-refractivity contribution in [1.29, 1.82) is 0 Å². The van der Waals surface area contributed by atoms with Gasteiger partial charge in [-0.15, -0.1) is 0 Å². The van der Waals surface area contributed by atoms with Gasteiger partial charge in [0.05, 0.1) is 12.7 Å². The first-order valence-electron chi connectivity index (χ1n) is 9.41. The van der Waals surface area contributed by atoms with E-state index in [1.54, 1.807) is 12.1 Å². The summed E-state index contributed by atoms with van der Waals surface area (Å²) in [6.45, 7) is 0.444. The van der Waals surface area contributed by atoms with Gasteiger partial charge in [0.15, 0.2) is 10.7 Å². The fraction of sp³-hybridized carbons (Fsp3) is 0.0870. The number of oxazole rings is 1. The lowest BCUT2D eigenvalue weighted by Crippen LogP contribution is -2.39. The molecule has 0 unspecified atom stereocenters. The van der Waals surface area contributed by atoms with E-state index >= 15 is 0 Å². The number of nitrogens with one attached hydrogen (secondary N) is 2. The highest BCUT2D eigenvalue weighted by Gasteiger charge is 2.14. The highest BCUT2D eigenvalue weighted by atomic mass is 35.5. The topological polar surface area (TPSA) is 76.4 Å². The SMILES string of the molecule is COc1ccc(Cl)cc1C(=O)NC(=S)NCc1ccc(-c2nc3ccccc3o2)cc1. The molecule has 0 spiro atoms. The van der Waals surface area contributed by atoms with E-state index in [2.05, 4.69) is 15.6 Å². The van der Waals surface area contributed by atoms with Gasteiger partial charge in [-0.3, -0.25) is 10.1 Å². The summed E-state index contributed by atoms with van der Waals surface area (Å²) in [5.74, 6) is 0.585. The van der Waals surface area contributed by atoms with Gasteiger partial charge < -0.3 is 14.5 Å². The highest BCUT2D eigenvalue weighted by Crippen LogP contribution is 2.24. The molecule has 0 saturated heterocycles. The minimum atomic E-state index is -0.400. The Morgan fingerprint density at radius 3 is 2.65 bits per heavy atom. The van der Waals surface area contributed by atoms with Crippen LogP contribution in [0.4, 0.5) is 0 Å². The van der Waals surface area contributed by atoms with Crippen molar-refractivity contribution in [3.05, 3.63) is 82.9 Å². The Kier molecular flexibility index (Phi) is 6.16. The minimum Gasteiger partial charge on any atom is -0.496 e. The number of para-hydroxylation sites is 2. The van der Waals surface area contributed by atoms with E-state index in [9.17, 15) is 4.79 Å². The molecule has 1 amide bonds. The van der Waals surface area contributed by atoms with Gasteiger partial charge in [0, 0.05) is 17.1 Å². The molecule has 0 atom stereocenters. The van der Waals surface area contributed by atoms with Crippen LogP contribution in [0.25, 0.3) is 22.6 Å². The van der Waals surface area contributed by atoms with Gasteiger partial charge in [-0.05, 0) is 60.2 Å². The number of thiocarbonyl (C=S) groups is 1. The molecule has 0 aliphatic carbocycles. The molecule has 0 aliphatic rings. The van der Waals surface area contributed by atoms with Crippen molar-refractivity contribution in [2.45, 2.75) is 6.54 Å². The average Bonchev–Trinajstić information content (AvgIpc) is 3.22. The molecule has 1 heterocycles. The van der Waals surface area contributed by atoms with E-state index in [1.165, 1.54) is 13.2 Å². The lowest BCUT2D eigenvalue weighted by atomic mass is 10.1. The Morgan fingerprint density at radius 2 is 1.90 bits per heavy atom. The lowest BCUT2D eigenvalue weighted by Gasteiger charge is -2.12. The number of carbonyl (C=O) groups excluding carboxylic acids is 1. The van der Waals surface area contributed by atoms with Crippen LogP contribution in [-0.2, 0) is 6.54 Å². The second-order valence-electron chi connectivity index (χ2n) is 6.67. The van der Waals surface area contributed by atoms with Crippen LogP contribution in [0.15, 0.2) is 71.1 Å². The van der Waals surface area contributed by atoms with Gasteiger partial charge in [-0.1, -0.05) is 35.9 Å². The maximum Gasteiger partial charge on any atom is 0.261 e. The number of halogens is 1. The molecular weight excluding hydrogens is 434 g/mol. The molecule has 4 rings (SSSR count). The summed E-state index contributed by atoms with van der Waals surface area (Å²) in [4.78, 5) is 17.0. The molecule has 1 aromatic heterocycles. The van der Waals surface area contributed by atoms with Crippen LogP contribution in [0, 0.1) is 0 Å². The second-order valence-corrected chi connectivity index (χ2v) is 7.51. The summed E-state index contributed by atoms with van der Waals surface area (Å²) >= 11 is 11.2. The largest absolute Gasteiger partial charge is 0.496 e. The van der Waals surface area contributed by atoms with Gasteiger partial charge in [0.25, 0.3) is 5.91 Å².